The zero-order valence-electron chi connectivity index (χ0n) is 17.9. The molecule has 4 rings (SSSR count). The van der Waals surface area contributed by atoms with Gasteiger partial charge in [-0.05, 0) is 23.8 Å². The number of nitrogens with one attached hydrogen (secondary N) is 1. The molecule has 0 aliphatic carbocycles. The molecule has 1 aliphatic heterocycles. The molecule has 1 saturated heterocycles. The van der Waals surface area contributed by atoms with Crippen molar-refractivity contribution in [2.24, 2.45) is 0 Å². The van der Waals surface area contributed by atoms with E-state index in [-0.39, 0.29) is 36.2 Å². The van der Waals surface area contributed by atoms with Crippen LogP contribution in [0.25, 0.3) is 0 Å². The summed E-state index contributed by atoms with van der Waals surface area (Å²) in [7, 11) is 0. The highest BCUT2D eigenvalue weighted by Crippen LogP contribution is 2.23. The third-order valence-corrected chi connectivity index (χ3v) is 6.17. The Bertz CT molecular complexity index is 1150. The van der Waals surface area contributed by atoms with Crippen molar-refractivity contribution in [2.75, 3.05) is 18.2 Å². The van der Waals surface area contributed by atoms with Crippen molar-refractivity contribution in [2.45, 2.75) is 19.1 Å². The first-order valence-corrected chi connectivity index (χ1v) is 11.7. The minimum Gasteiger partial charge on any atom is -0.492 e. The zero-order chi connectivity index (χ0) is 23.0. The molecule has 33 heavy (non-hydrogen) atoms. The minimum absolute atomic E-state index is 0.123. The highest BCUT2D eigenvalue weighted by atomic mass is 32.2. The van der Waals surface area contributed by atoms with E-state index >= 15 is 0 Å². The molecule has 0 bridgehead atoms. The van der Waals surface area contributed by atoms with Gasteiger partial charge in [0.1, 0.15) is 24.1 Å². The molecular formula is C24H24N4O4S. The zero-order valence-corrected chi connectivity index (χ0v) is 18.7. The highest BCUT2D eigenvalue weighted by Gasteiger charge is 2.35. The highest BCUT2D eigenvalue weighted by molar-refractivity contribution is 7.99. The predicted molar refractivity (Wildman–Crippen MR) is 126 cm³/mol. The number of hydrogen-bond donors (Lipinski definition) is 1. The van der Waals surface area contributed by atoms with E-state index in [1.165, 1.54) is 33.5 Å². The van der Waals surface area contributed by atoms with Gasteiger partial charge in [-0.15, -0.1) is 11.8 Å². The van der Waals surface area contributed by atoms with E-state index < -0.39 is 6.04 Å². The monoisotopic (exact) mass is 464 g/mol. The lowest BCUT2D eigenvalue weighted by Crippen LogP contribution is -2.47. The Balaban J connectivity index is 1.39. The fourth-order valence-corrected chi connectivity index (χ4v) is 4.55. The second kappa shape index (κ2) is 10.8. The number of ether oxygens (including phenoxy) is 1. The normalized spacial score (nSPS) is 15.3. The summed E-state index contributed by atoms with van der Waals surface area (Å²) in [4.78, 5) is 39.6. The van der Waals surface area contributed by atoms with Crippen LogP contribution in [-0.4, -0.2) is 50.8 Å². The molecule has 2 amide bonds. The second-order valence-electron chi connectivity index (χ2n) is 7.44. The van der Waals surface area contributed by atoms with Crippen LogP contribution in [0.3, 0.4) is 0 Å². The van der Waals surface area contributed by atoms with Crippen molar-refractivity contribution in [3.8, 4) is 5.75 Å². The number of carbonyl (C=O) groups excluding carboxylic acids is 2. The molecule has 1 aliphatic rings. The van der Waals surface area contributed by atoms with Gasteiger partial charge in [0.05, 0.1) is 12.4 Å². The summed E-state index contributed by atoms with van der Waals surface area (Å²) in [6.45, 7) is 0.830. The lowest BCUT2D eigenvalue weighted by Gasteiger charge is -2.23. The summed E-state index contributed by atoms with van der Waals surface area (Å²) >= 11 is 1.51. The third-order valence-electron chi connectivity index (χ3n) is 5.16. The van der Waals surface area contributed by atoms with Crippen LogP contribution in [0.4, 0.5) is 0 Å². The molecule has 8 nitrogen and oxygen atoms in total. The molecule has 1 unspecified atom stereocenters. The van der Waals surface area contributed by atoms with Crippen LogP contribution in [0, 0.1) is 0 Å². The Morgan fingerprint density at radius 1 is 1.03 bits per heavy atom. The minimum atomic E-state index is -0.588. The molecule has 2 aromatic carbocycles. The van der Waals surface area contributed by atoms with Crippen LogP contribution in [0.2, 0.25) is 0 Å². The smallest absolute Gasteiger partial charge is 0.275 e. The Hall–Kier alpha value is -3.59. The lowest BCUT2D eigenvalue weighted by molar-refractivity contribution is -0.124. The SMILES string of the molecule is O=C(NCc1ccccc1)C1CSCN1C(=O)c1ccc(=O)n(CCOc2ccccc2)n1. The molecule has 0 spiro atoms. The maximum atomic E-state index is 13.1. The first kappa shape index (κ1) is 22.6. The number of benzene rings is 2. The number of carbonyl (C=O) groups is 2. The van der Waals surface area contributed by atoms with E-state index in [9.17, 15) is 14.4 Å². The Labute approximate surface area is 195 Å². The van der Waals surface area contributed by atoms with Crippen molar-refractivity contribution >= 4 is 23.6 Å². The molecule has 9 heteroatoms. The van der Waals surface area contributed by atoms with Crippen LogP contribution < -0.4 is 15.6 Å². The van der Waals surface area contributed by atoms with Gasteiger partial charge in [0, 0.05) is 18.4 Å². The van der Waals surface area contributed by atoms with Crippen molar-refractivity contribution in [1.82, 2.24) is 20.0 Å². The summed E-state index contributed by atoms with van der Waals surface area (Å²) in [6.07, 6.45) is 0. The summed E-state index contributed by atoms with van der Waals surface area (Å²) < 4.78 is 6.84. The average molecular weight is 465 g/mol. The van der Waals surface area contributed by atoms with Crippen LogP contribution in [-0.2, 0) is 17.9 Å². The Morgan fingerprint density at radius 2 is 1.76 bits per heavy atom. The molecule has 0 radical (unpaired) electrons. The first-order chi connectivity index (χ1) is 16.1. The maximum absolute atomic E-state index is 13.1. The number of rotatable bonds is 8. The second-order valence-corrected chi connectivity index (χ2v) is 8.44. The average Bonchev–Trinajstić information content (AvgIpc) is 3.35. The Kier molecular flexibility index (Phi) is 7.41. The maximum Gasteiger partial charge on any atom is 0.275 e. The van der Waals surface area contributed by atoms with Gasteiger partial charge in [0.2, 0.25) is 5.91 Å². The number of para-hydroxylation sites is 1. The topological polar surface area (TPSA) is 93.5 Å². The molecule has 1 N–H and O–H groups in total. The fraction of sp³-hybridized carbons (Fsp3) is 0.250. The molecule has 2 heterocycles. The van der Waals surface area contributed by atoms with E-state index in [0.717, 1.165) is 5.56 Å². The summed E-state index contributed by atoms with van der Waals surface area (Å²) in [6, 6.07) is 21.0. The van der Waals surface area contributed by atoms with E-state index in [2.05, 4.69) is 10.4 Å². The van der Waals surface area contributed by atoms with Gasteiger partial charge in [0.25, 0.3) is 11.5 Å². The van der Waals surface area contributed by atoms with Crippen molar-refractivity contribution < 1.29 is 14.3 Å². The third kappa shape index (κ3) is 5.81. The van der Waals surface area contributed by atoms with Crippen molar-refractivity contribution in [3.63, 3.8) is 0 Å². The fourth-order valence-electron chi connectivity index (χ4n) is 3.40. The first-order valence-electron chi connectivity index (χ1n) is 10.6. The van der Waals surface area contributed by atoms with Gasteiger partial charge in [0.15, 0.2) is 0 Å². The molecule has 170 valence electrons. The number of nitrogens with zero attached hydrogens (tertiary/aromatic N) is 3. The van der Waals surface area contributed by atoms with Crippen molar-refractivity contribution in [1.29, 1.82) is 0 Å². The summed E-state index contributed by atoms with van der Waals surface area (Å²) in [5, 5.41) is 7.13. The van der Waals surface area contributed by atoms with Gasteiger partial charge in [-0.3, -0.25) is 14.4 Å². The van der Waals surface area contributed by atoms with Crippen LogP contribution >= 0.6 is 11.8 Å². The van der Waals surface area contributed by atoms with E-state index in [1.807, 2.05) is 60.7 Å². The summed E-state index contributed by atoms with van der Waals surface area (Å²) in [5.74, 6) is 1.01. The largest absolute Gasteiger partial charge is 0.492 e. The molecule has 1 aromatic heterocycles. The van der Waals surface area contributed by atoms with Crippen LogP contribution in [0.1, 0.15) is 16.1 Å². The van der Waals surface area contributed by atoms with Crippen LogP contribution in [0.5, 0.6) is 5.75 Å². The lowest BCUT2D eigenvalue weighted by atomic mass is 10.2. The van der Waals surface area contributed by atoms with Crippen molar-refractivity contribution in [3.05, 3.63) is 94.4 Å². The standard InChI is InChI=1S/C24H24N4O4S/c29-22-12-11-20(26-28(22)13-14-32-19-9-5-2-6-10-19)24(31)27-17-33-16-21(27)23(30)25-15-18-7-3-1-4-8-18/h1-12,21H,13-17H2,(H,25,30). The molecule has 3 aromatic rings. The molecule has 1 atom stereocenters. The quantitative estimate of drug-likeness (QED) is 0.549. The van der Waals surface area contributed by atoms with E-state index in [1.54, 1.807) is 0 Å². The molecule has 0 saturated carbocycles. The number of amides is 2. The van der Waals surface area contributed by atoms with Gasteiger partial charge < -0.3 is 15.0 Å². The Morgan fingerprint density at radius 3 is 2.52 bits per heavy atom. The van der Waals surface area contributed by atoms with Gasteiger partial charge in [-0.2, -0.15) is 5.10 Å². The molecular weight excluding hydrogens is 440 g/mol. The van der Waals surface area contributed by atoms with Gasteiger partial charge >= 0.3 is 0 Å². The number of thioether (sulfide) groups is 1. The van der Waals surface area contributed by atoms with E-state index in [4.69, 9.17) is 4.74 Å². The number of hydrogen-bond acceptors (Lipinski definition) is 6. The summed E-state index contributed by atoms with van der Waals surface area (Å²) in [5.41, 5.74) is 0.787. The predicted octanol–water partition coefficient (Wildman–Crippen LogP) is 2.15. The van der Waals surface area contributed by atoms with Crippen LogP contribution in [0.15, 0.2) is 77.6 Å². The van der Waals surface area contributed by atoms with Gasteiger partial charge in [-0.1, -0.05) is 48.5 Å². The van der Waals surface area contributed by atoms with Gasteiger partial charge in [-0.25, -0.2) is 4.68 Å². The molecule has 1 fully saturated rings. The van der Waals surface area contributed by atoms with E-state index in [0.29, 0.717) is 23.9 Å². The number of aromatic nitrogens is 2.